The van der Waals surface area contributed by atoms with Gasteiger partial charge in [0, 0.05) is 12.5 Å². The summed E-state index contributed by atoms with van der Waals surface area (Å²) in [7, 11) is 0. The third-order valence-electron chi connectivity index (χ3n) is 3.38. The van der Waals surface area contributed by atoms with E-state index in [0.29, 0.717) is 29.0 Å². The number of aromatic nitrogens is 4. The van der Waals surface area contributed by atoms with E-state index in [1.54, 1.807) is 0 Å². The van der Waals surface area contributed by atoms with Crippen molar-refractivity contribution in [3.8, 4) is 0 Å². The minimum absolute atomic E-state index is 0.147. The standard InChI is InChI=1S/C17H18N4O2S/c1-11(2)13-9-15(22)20-17(18-13)24-10-16-19-14(21-23-16)8-12-6-4-3-5-7-12/h3-7,9,11H,8,10H2,1-2H3,(H,18,20,22). The topological polar surface area (TPSA) is 84.7 Å². The molecule has 0 aliphatic heterocycles. The van der Waals surface area contributed by atoms with Crippen LogP contribution in [0.2, 0.25) is 0 Å². The largest absolute Gasteiger partial charge is 0.338 e. The average Bonchev–Trinajstić information content (AvgIpc) is 3.01. The van der Waals surface area contributed by atoms with Crippen molar-refractivity contribution in [3.63, 3.8) is 0 Å². The van der Waals surface area contributed by atoms with Gasteiger partial charge in [0.05, 0.1) is 11.4 Å². The smallest absolute Gasteiger partial charge is 0.251 e. The monoisotopic (exact) mass is 342 g/mol. The summed E-state index contributed by atoms with van der Waals surface area (Å²) >= 11 is 1.38. The maximum absolute atomic E-state index is 11.7. The van der Waals surface area contributed by atoms with Crippen LogP contribution in [-0.4, -0.2) is 20.1 Å². The molecule has 0 saturated carbocycles. The van der Waals surface area contributed by atoms with Gasteiger partial charge in [-0.3, -0.25) is 4.79 Å². The first kappa shape index (κ1) is 16.4. The Morgan fingerprint density at radius 1 is 1.21 bits per heavy atom. The molecule has 2 heterocycles. The minimum atomic E-state index is -0.147. The molecule has 3 rings (SSSR count). The van der Waals surface area contributed by atoms with E-state index in [9.17, 15) is 4.79 Å². The number of nitrogens with zero attached hydrogens (tertiary/aromatic N) is 3. The average molecular weight is 342 g/mol. The molecule has 0 atom stereocenters. The number of nitrogens with one attached hydrogen (secondary N) is 1. The lowest BCUT2D eigenvalue weighted by Gasteiger charge is -2.05. The van der Waals surface area contributed by atoms with Crippen molar-refractivity contribution in [2.45, 2.75) is 37.1 Å². The second-order valence-corrected chi connectivity index (χ2v) is 6.65. The number of benzene rings is 1. The number of hydrogen-bond donors (Lipinski definition) is 1. The number of hydrogen-bond acceptors (Lipinski definition) is 6. The summed E-state index contributed by atoms with van der Waals surface area (Å²) in [5, 5.41) is 4.56. The molecule has 0 aliphatic carbocycles. The highest BCUT2D eigenvalue weighted by molar-refractivity contribution is 7.98. The van der Waals surface area contributed by atoms with Crippen molar-refractivity contribution in [2.75, 3.05) is 0 Å². The molecule has 6 nitrogen and oxygen atoms in total. The van der Waals surface area contributed by atoms with Crippen LogP contribution in [0.1, 0.15) is 42.7 Å². The van der Waals surface area contributed by atoms with Gasteiger partial charge in [-0.2, -0.15) is 4.98 Å². The zero-order valence-corrected chi connectivity index (χ0v) is 14.3. The van der Waals surface area contributed by atoms with E-state index in [2.05, 4.69) is 20.1 Å². The van der Waals surface area contributed by atoms with E-state index in [0.717, 1.165) is 11.3 Å². The van der Waals surface area contributed by atoms with Crippen LogP contribution in [0.4, 0.5) is 0 Å². The third kappa shape index (κ3) is 4.32. The van der Waals surface area contributed by atoms with Crippen molar-refractivity contribution in [3.05, 3.63) is 69.7 Å². The first-order valence-electron chi connectivity index (χ1n) is 7.69. The molecule has 0 fully saturated rings. The molecule has 0 bridgehead atoms. The molecule has 3 aromatic rings. The number of thioether (sulfide) groups is 1. The van der Waals surface area contributed by atoms with Gasteiger partial charge in [-0.1, -0.05) is 61.1 Å². The second kappa shape index (κ2) is 7.44. The molecule has 2 aromatic heterocycles. The van der Waals surface area contributed by atoms with E-state index in [-0.39, 0.29) is 11.5 Å². The Hall–Kier alpha value is -2.41. The van der Waals surface area contributed by atoms with E-state index >= 15 is 0 Å². The van der Waals surface area contributed by atoms with E-state index in [1.807, 2.05) is 44.2 Å². The van der Waals surface area contributed by atoms with Crippen LogP contribution in [0.5, 0.6) is 0 Å². The third-order valence-corrected chi connectivity index (χ3v) is 4.24. The van der Waals surface area contributed by atoms with Gasteiger partial charge in [-0.25, -0.2) is 4.98 Å². The van der Waals surface area contributed by atoms with Gasteiger partial charge >= 0.3 is 0 Å². The summed E-state index contributed by atoms with van der Waals surface area (Å²) in [6, 6.07) is 11.5. The Kier molecular flexibility index (Phi) is 5.10. The van der Waals surface area contributed by atoms with Gasteiger partial charge in [0.2, 0.25) is 5.89 Å². The first-order valence-corrected chi connectivity index (χ1v) is 8.68. The molecule has 7 heteroatoms. The fraction of sp³-hybridized carbons (Fsp3) is 0.294. The normalized spacial score (nSPS) is 11.1. The molecule has 0 radical (unpaired) electrons. The highest BCUT2D eigenvalue weighted by atomic mass is 32.2. The maximum atomic E-state index is 11.7. The first-order chi connectivity index (χ1) is 11.6. The van der Waals surface area contributed by atoms with Crippen LogP contribution in [0.3, 0.4) is 0 Å². The van der Waals surface area contributed by atoms with E-state index < -0.39 is 0 Å². The number of aromatic amines is 1. The van der Waals surface area contributed by atoms with Gasteiger partial charge in [0.1, 0.15) is 0 Å². The highest BCUT2D eigenvalue weighted by Crippen LogP contribution is 2.19. The summed E-state index contributed by atoms with van der Waals surface area (Å²) in [4.78, 5) is 23.2. The Morgan fingerprint density at radius 3 is 2.75 bits per heavy atom. The summed E-state index contributed by atoms with van der Waals surface area (Å²) in [6.45, 7) is 4.01. The molecule has 0 spiro atoms. The lowest BCUT2D eigenvalue weighted by atomic mass is 10.1. The van der Waals surface area contributed by atoms with Gasteiger partial charge < -0.3 is 9.51 Å². The second-order valence-electron chi connectivity index (χ2n) is 5.69. The molecule has 24 heavy (non-hydrogen) atoms. The van der Waals surface area contributed by atoms with Crippen LogP contribution in [-0.2, 0) is 12.2 Å². The SMILES string of the molecule is CC(C)c1cc(=O)[nH]c(SCc2nc(Cc3ccccc3)no2)n1. The summed E-state index contributed by atoms with van der Waals surface area (Å²) < 4.78 is 5.26. The lowest BCUT2D eigenvalue weighted by molar-refractivity contribution is 0.385. The fourth-order valence-corrected chi connectivity index (χ4v) is 2.87. The number of rotatable bonds is 6. The quantitative estimate of drug-likeness (QED) is 0.547. The predicted octanol–water partition coefficient (Wildman–Crippen LogP) is 3.16. The van der Waals surface area contributed by atoms with Crippen LogP contribution in [0.25, 0.3) is 0 Å². The van der Waals surface area contributed by atoms with Crippen molar-refractivity contribution >= 4 is 11.8 Å². The zero-order chi connectivity index (χ0) is 16.9. The Bertz CT molecular complexity index is 858. The molecule has 1 N–H and O–H groups in total. The lowest BCUT2D eigenvalue weighted by Crippen LogP contribution is -2.10. The van der Waals surface area contributed by atoms with Crippen molar-refractivity contribution < 1.29 is 4.52 Å². The van der Waals surface area contributed by atoms with Gasteiger partial charge in [-0.05, 0) is 11.5 Å². The molecule has 0 unspecified atom stereocenters. The molecule has 0 amide bonds. The van der Waals surface area contributed by atoms with Crippen LogP contribution in [0, 0.1) is 0 Å². The van der Waals surface area contributed by atoms with Crippen LogP contribution < -0.4 is 5.56 Å². The summed E-state index contributed by atoms with van der Waals surface area (Å²) in [6.07, 6.45) is 0.632. The van der Waals surface area contributed by atoms with Crippen LogP contribution >= 0.6 is 11.8 Å². The summed E-state index contributed by atoms with van der Waals surface area (Å²) in [5.74, 6) is 1.83. The maximum Gasteiger partial charge on any atom is 0.251 e. The molecule has 1 aromatic carbocycles. The molecule has 124 valence electrons. The Morgan fingerprint density at radius 2 is 2.00 bits per heavy atom. The molecule has 0 saturated heterocycles. The molecular weight excluding hydrogens is 324 g/mol. The van der Waals surface area contributed by atoms with Crippen LogP contribution in [0.15, 0.2) is 50.9 Å². The van der Waals surface area contributed by atoms with Gasteiger partial charge in [-0.15, -0.1) is 0 Å². The molecular formula is C17H18N4O2S. The Balaban J connectivity index is 1.64. The highest BCUT2D eigenvalue weighted by Gasteiger charge is 2.10. The van der Waals surface area contributed by atoms with E-state index in [1.165, 1.54) is 17.8 Å². The van der Waals surface area contributed by atoms with E-state index in [4.69, 9.17) is 4.52 Å². The van der Waals surface area contributed by atoms with Gasteiger partial charge in [0.15, 0.2) is 11.0 Å². The number of H-pyrrole nitrogens is 1. The Labute approximate surface area is 143 Å². The van der Waals surface area contributed by atoms with Gasteiger partial charge in [0.25, 0.3) is 5.56 Å². The summed E-state index contributed by atoms with van der Waals surface area (Å²) in [5.41, 5.74) is 1.76. The molecule has 0 aliphatic rings. The van der Waals surface area contributed by atoms with Crippen molar-refractivity contribution in [1.29, 1.82) is 0 Å². The van der Waals surface area contributed by atoms with Crippen molar-refractivity contribution in [2.24, 2.45) is 0 Å². The fourth-order valence-electron chi connectivity index (χ4n) is 2.15. The zero-order valence-electron chi connectivity index (χ0n) is 13.5. The minimum Gasteiger partial charge on any atom is -0.338 e. The predicted molar refractivity (Wildman–Crippen MR) is 92.1 cm³/mol. The van der Waals surface area contributed by atoms with Crippen molar-refractivity contribution in [1.82, 2.24) is 20.1 Å².